The van der Waals surface area contributed by atoms with Crippen LogP contribution in [0.1, 0.15) is 22.1 Å². The van der Waals surface area contributed by atoms with Gasteiger partial charge >= 0.3 is 0 Å². The summed E-state index contributed by atoms with van der Waals surface area (Å²) in [7, 11) is 5.39. The van der Waals surface area contributed by atoms with Gasteiger partial charge in [-0.1, -0.05) is 6.92 Å². The highest BCUT2D eigenvalue weighted by Crippen LogP contribution is 2.37. The summed E-state index contributed by atoms with van der Waals surface area (Å²) in [5, 5.41) is 0. The van der Waals surface area contributed by atoms with E-state index in [2.05, 4.69) is 0 Å². The van der Waals surface area contributed by atoms with Gasteiger partial charge in [-0.05, 0) is 13.8 Å². The molecule has 0 unspecified atom stereocenters. The standard InChI is InChI=1S/C7H12BFO/c1-4-5(2)10-6(8)7(4,3)9/h4-6H,1-3H3/t4-,5-,6-,7-/m1/s1/i2T. The van der Waals surface area contributed by atoms with Gasteiger partial charge in [-0.25, -0.2) is 4.39 Å². The van der Waals surface area contributed by atoms with Crippen LogP contribution in [0.3, 0.4) is 0 Å². The molecule has 0 aromatic rings. The first-order chi connectivity index (χ1) is 5.00. The molecule has 10 heavy (non-hydrogen) atoms. The molecular weight excluding hydrogens is 130 g/mol. The van der Waals surface area contributed by atoms with Crippen molar-refractivity contribution >= 4 is 7.85 Å². The van der Waals surface area contributed by atoms with Crippen molar-refractivity contribution in [1.29, 1.82) is 0 Å². The molecule has 0 spiro atoms. The minimum atomic E-state index is -1.48. The van der Waals surface area contributed by atoms with Gasteiger partial charge in [-0.2, -0.15) is 0 Å². The summed E-state index contributed by atoms with van der Waals surface area (Å²) in [6.07, 6.45) is -0.347. The molecule has 1 aliphatic heterocycles. The maximum atomic E-state index is 13.5. The molecule has 1 saturated heterocycles. The first-order valence-electron chi connectivity index (χ1n) is 4.10. The molecule has 1 rings (SSSR count). The maximum absolute atomic E-state index is 13.5. The zero-order valence-corrected chi connectivity index (χ0v) is 6.30. The van der Waals surface area contributed by atoms with Crippen LogP contribution < -0.4 is 0 Å². The van der Waals surface area contributed by atoms with Crippen LogP contribution in [0.25, 0.3) is 0 Å². The molecule has 0 N–H and O–H groups in total. The summed E-state index contributed by atoms with van der Waals surface area (Å²) in [5.74, 6) is -0.282. The average molecular weight is 144 g/mol. The summed E-state index contributed by atoms with van der Waals surface area (Å²) in [4.78, 5) is 0. The predicted octanol–water partition coefficient (Wildman–Crippen LogP) is 1.26. The number of rotatable bonds is 0. The first-order valence-corrected chi connectivity index (χ1v) is 3.39. The van der Waals surface area contributed by atoms with Gasteiger partial charge in [0.1, 0.15) is 13.5 Å². The van der Waals surface area contributed by atoms with E-state index in [9.17, 15) is 4.39 Å². The third kappa shape index (κ3) is 0.966. The van der Waals surface area contributed by atoms with E-state index in [1.807, 2.05) is 0 Å². The van der Waals surface area contributed by atoms with Crippen LogP contribution in [0.15, 0.2) is 0 Å². The second-order valence-corrected chi connectivity index (χ2v) is 3.04. The van der Waals surface area contributed by atoms with Crippen molar-refractivity contribution in [2.75, 3.05) is 0 Å². The quantitative estimate of drug-likeness (QED) is 0.465. The van der Waals surface area contributed by atoms with Crippen molar-refractivity contribution in [3.63, 3.8) is 0 Å². The molecular formula is C7H12BFO. The summed E-state index contributed by atoms with van der Waals surface area (Å²) in [6, 6.07) is -0.868. The van der Waals surface area contributed by atoms with Gasteiger partial charge in [0.2, 0.25) is 0 Å². The van der Waals surface area contributed by atoms with Gasteiger partial charge in [0.15, 0.2) is 0 Å². The van der Waals surface area contributed by atoms with E-state index in [-0.39, 0.29) is 18.9 Å². The molecule has 1 heterocycles. The minimum Gasteiger partial charge on any atom is -0.381 e. The molecule has 0 bridgehead atoms. The lowest BCUT2D eigenvalue weighted by molar-refractivity contribution is 0.0632. The van der Waals surface area contributed by atoms with Crippen LogP contribution in [0.4, 0.5) is 4.39 Å². The Morgan fingerprint density at radius 3 is 2.60 bits per heavy atom. The third-order valence-corrected chi connectivity index (χ3v) is 2.33. The maximum Gasteiger partial charge on any atom is 0.130 e. The van der Waals surface area contributed by atoms with Crippen molar-refractivity contribution in [2.24, 2.45) is 5.92 Å². The average Bonchev–Trinajstić information content (AvgIpc) is 2.14. The molecule has 56 valence electrons. The lowest BCUT2D eigenvalue weighted by Crippen LogP contribution is -2.35. The Morgan fingerprint density at radius 2 is 2.40 bits per heavy atom. The van der Waals surface area contributed by atoms with E-state index in [1.165, 1.54) is 6.92 Å². The molecule has 0 aromatic heterocycles. The fraction of sp³-hybridized carbons (Fsp3) is 1.00. The zero-order valence-electron chi connectivity index (χ0n) is 7.30. The van der Waals surface area contributed by atoms with Crippen molar-refractivity contribution in [3.05, 3.63) is 0 Å². The normalized spacial score (nSPS) is 56.7. The number of alkyl halides is 1. The lowest BCUT2D eigenvalue weighted by atomic mass is 9.79. The number of halogens is 1. The molecule has 1 nitrogen and oxygen atoms in total. The zero-order chi connectivity index (χ0) is 8.65. The van der Waals surface area contributed by atoms with Gasteiger partial charge < -0.3 is 4.74 Å². The highest BCUT2D eigenvalue weighted by atomic mass is 19.1. The number of hydrogen-bond donors (Lipinski definition) is 0. The monoisotopic (exact) mass is 144 g/mol. The van der Waals surface area contributed by atoms with Crippen LogP contribution in [0.2, 0.25) is 0 Å². The van der Waals surface area contributed by atoms with Crippen molar-refractivity contribution in [1.82, 2.24) is 0 Å². The van der Waals surface area contributed by atoms with Crippen LogP contribution in [-0.4, -0.2) is 25.6 Å². The molecule has 0 aromatic carbocycles. The van der Waals surface area contributed by atoms with Crippen LogP contribution in [-0.2, 0) is 4.74 Å². The number of hydrogen-bond acceptors (Lipinski definition) is 1. The third-order valence-electron chi connectivity index (χ3n) is 2.33. The lowest BCUT2D eigenvalue weighted by Gasteiger charge is -2.21. The summed E-state index contributed by atoms with van der Waals surface area (Å²) < 4.78 is 25.6. The smallest absolute Gasteiger partial charge is 0.130 e. The topological polar surface area (TPSA) is 9.23 Å². The summed E-state index contributed by atoms with van der Waals surface area (Å²) >= 11 is 0. The second kappa shape index (κ2) is 2.23. The molecule has 3 heteroatoms. The largest absolute Gasteiger partial charge is 0.381 e. The first kappa shape index (κ1) is 6.65. The highest BCUT2D eigenvalue weighted by molar-refractivity contribution is 6.12. The molecule has 0 amide bonds. The van der Waals surface area contributed by atoms with Crippen LogP contribution in [0.5, 0.6) is 0 Å². The molecule has 1 aliphatic rings. The molecule has 0 saturated carbocycles. The van der Waals surface area contributed by atoms with Gasteiger partial charge in [0.05, 0.1) is 12.1 Å². The van der Waals surface area contributed by atoms with E-state index in [4.69, 9.17) is 14.0 Å². The van der Waals surface area contributed by atoms with Crippen LogP contribution in [0, 0.1) is 5.92 Å². The number of ether oxygens (including phenoxy) is 1. The van der Waals surface area contributed by atoms with Gasteiger partial charge in [-0.3, -0.25) is 0 Å². The Morgan fingerprint density at radius 1 is 1.80 bits per heavy atom. The van der Waals surface area contributed by atoms with E-state index < -0.39 is 11.7 Å². The van der Waals surface area contributed by atoms with Crippen molar-refractivity contribution in [2.45, 2.75) is 38.5 Å². The Hall–Kier alpha value is -0.0451. The molecule has 1 fully saturated rings. The highest BCUT2D eigenvalue weighted by Gasteiger charge is 2.47. The summed E-state index contributed by atoms with van der Waals surface area (Å²) in [5.41, 5.74) is -1.48. The van der Waals surface area contributed by atoms with E-state index in [1.54, 1.807) is 6.92 Å². The summed E-state index contributed by atoms with van der Waals surface area (Å²) in [6.45, 7) is 3.23. The van der Waals surface area contributed by atoms with Gasteiger partial charge in [-0.15, -0.1) is 0 Å². The SMILES string of the molecule is [3H]C[C@H]1O[C@@H]([B])[C@](C)(F)[C@@H]1C. The second-order valence-electron chi connectivity index (χ2n) is 3.04. The molecule has 0 aliphatic carbocycles. The Balaban J connectivity index is 2.71. The van der Waals surface area contributed by atoms with E-state index in [0.717, 1.165) is 0 Å². The van der Waals surface area contributed by atoms with E-state index >= 15 is 0 Å². The van der Waals surface area contributed by atoms with E-state index in [0.29, 0.717) is 0 Å². The Bertz CT molecular complexity index is 153. The molecule has 2 radical (unpaired) electrons. The Labute approximate surface area is 63.8 Å². The Kier molecular flexibility index (Phi) is 1.48. The predicted molar refractivity (Wildman–Crippen MR) is 38.8 cm³/mol. The van der Waals surface area contributed by atoms with Gasteiger partial charge in [0.25, 0.3) is 0 Å². The van der Waals surface area contributed by atoms with Crippen molar-refractivity contribution in [3.8, 4) is 0 Å². The fourth-order valence-electron chi connectivity index (χ4n) is 1.06. The van der Waals surface area contributed by atoms with Crippen LogP contribution >= 0.6 is 0 Å². The van der Waals surface area contributed by atoms with Gasteiger partial charge in [0, 0.05) is 7.29 Å². The fourth-order valence-corrected chi connectivity index (χ4v) is 1.06. The molecule has 4 atom stereocenters. The minimum absolute atomic E-state index is 0.0778. The van der Waals surface area contributed by atoms with Crippen molar-refractivity contribution < 1.29 is 10.5 Å².